The second kappa shape index (κ2) is 8.94. The molecule has 0 aliphatic carbocycles. The van der Waals surface area contributed by atoms with E-state index in [1.165, 1.54) is 5.56 Å². The van der Waals surface area contributed by atoms with Crippen LogP contribution < -0.4 is 15.0 Å². The zero-order valence-electron chi connectivity index (χ0n) is 19.1. The molecular weight excluding hydrogens is 434 g/mol. The fourth-order valence-corrected chi connectivity index (χ4v) is 5.92. The summed E-state index contributed by atoms with van der Waals surface area (Å²) in [6.07, 6.45) is 3.24. The Morgan fingerprint density at radius 3 is 2.79 bits per heavy atom. The Labute approximate surface area is 196 Å². The van der Waals surface area contributed by atoms with Gasteiger partial charge in [0.15, 0.2) is 0 Å². The van der Waals surface area contributed by atoms with Crippen LogP contribution in [0.4, 0.5) is 5.82 Å². The smallest absolute Gasteiger partial charge is 0.223 e. The quantitative estimate of drug-likeness (QED) is 0.475. The first-order valence-corrected chi connectivity index (χ1v) is 12.0. The molecule has 0 bridgehead atoms. The fourth-order valence-electron chi connectivity index (χ4n) is 4.65. The van der Waals surface area contributed by atoms with E-state index in [2.05, 4.69) is 33.2 Å². The molecule has 0 atom stereocenters. The van der Waals surface area contributed by atoms with Gasteiger partial charge in [0.05, 0.1) is 17.3 Å². The molecule has 0 spiro atoms. The average molecular weight is 462 g/mol. The summed E-state index contributed by atoms with van der Waals surface area (Å²) in [4.78, 5) is 30.0. The molecule has 0 saturated carbocycles. The lowest BCUT2D eigenvalue weighted by atomic mass is 9.95. The summed E-state index contributed by atoms with van der Waals surface area (Å²) >= 11 is 1.66. The second-order valence-electron chi connectivity index (χ2n) is 8.53. The molecule has 5 rings (SSSR count). The van der Waals surface area contributed by atoms with Gasteiger partial charge in [-0.1, -0.05) is 18.2 Å². The molecule has 4 heterocycles. The van der Waals surface area contributed by atoms with Crippen LogP contribution in [0.2, 0.25) is 0 Å². The van der Waals surface area contributed by atoms with Crippen LogP contribution in [0.3, 0.4) is 0 Å². The van der Waals surface area contributed by atoms with Gasteiger partial charge in [0.1, 0.15) is 22.7 Å². The van der Waals surface area contributed by atoms with Crippen molar-refractivity contribution in [1.82, 2.24) is 20.3 Å². The normalized spacial score (nSPS) is 14.7. The number of thiophene rings is 1. The summed E-state index contributed by atoms with van der Waals surface area (Å²) in [5.41, 5.74) is 4.17. The van der Waals surface area contributed by atoms with Gasteiger partial charge in [-0.05, 0) is 44.4 Å². The Morgan fingerprint density at radius 1 is 1.21 bits per heavy atom. The molecule has 8 heteroatoms. The summed E-state index contributed by atoms with van der Waals surface area (Å²) in [7, 11) is 1.65. The van der Waals surface area contributed by atoms with Gasteiger partial charge in [-0.15, -0.1) is 11.3 Å². The lowest BCUT2D eigenvalue weighted by Crippen LogP contribution is -2.40. The molecule has 1 N–H and O–H groups in total. The van der Waals surface area contributed by atoms with Crippen LogP contribution in [0.15, 0.2) is 36.7 Å². The lowest BCUT2D eigenvalue weighted by molar-refractivity contribution is -0.125. The van der Waals surface area contributed by atoms with E-state index in [0.717, 1.165) is 69.2 Å². The molecule has 1 aromatic carbocycles. The summed E-state index contributed by atoms with van der Waals surface area (Å²) in [6.45, 7) is 6.19. The highest BCUT2D eigenvalue weighted by Crippen LogP contribution is 2.38. The largest absolute Gasteiger partial charge is 0.496 e. The van der Waals surface area contributed by atoms with Gasteiger partial charge in [-0.3, -0.25) is 4.79 Å². The number of carbonyl (C=O) groups excluding carboxylic acids is 1. The van der Waals surface area contributed by atoms with E-state index in [4.69, 9.17) is 9.72 Å². The molecule has 33 heavy (non-hydrogen) atoms. The Morgan fingerprint density at radius 2 is 2.00 bits per heavy atom. The standard InChI is InChI=1S/C25H27N5O2S/c1-15-12-16(2)29-25-20(15)21-22(33-25)23(28-14-27-21)30-10-8-17(9-11-30)24(31)26-13-18-6-4-5-7-19(18)32-3/h4-7,12,14,17H,8-11,13H2,1-3H3,(H,26,31). The summed E-state index contributed by atoms with van der Waals surface area (Å²) in [5.74, 6) is 1.85. The highest BCUT2D eigenvalue weighted by molar-refractivity contribution is 7.26. The van der Waals surface area contributed by atoms with Gasteiger partial charge in [0, 0.05) is 42.2 Å². The third-order valence-corrected chi connectivity index (χ3v) is 7.41. The third-order valence-electron chi connectivity index (χ3n) is 6.34. The van der Waals surface area contributed by atoms with Crippen LogP contribution in [0.1, 0.15) is 29.7 Å². The number of hydrogen-bond acceptors (Lipinski definition) is 7. The van der Waals surface area contributed by atoms with Crippen molar-refractivity contribution in [2.24, 2.45) is 5.92 Å². The van der Waals surface area contributed by atoms with E-state index in [0.29, 0.717) is 6.54 Å². The topological polar surface area (TPSA) is 80.2 Å². The first-order valence-electron chi connectivity index (χ1n) is 11.2. The maximum absolute atomic E-state index is 12.8. The number of para-hydroxylation sites is 1. The van der Waals surface area contributed by atoms with E-state index in [-0.39, 0.29) is 11.8 Å². The summed E-state index contributed by atoms with van der Waals surface area (Å²) in [6, 6.07) is 9.88. The van der Waals surface area contributed by atoms with Gasteiger partial charge < -0.3 is 15.0 Å². The number of amides is 1. The molecule has 0 unspecified atom stereocenters. The molecule has 7 nitrogen and oxygen atoms in total. The molecular formula is C25H27N5O2S. The zero-order valence-corrected chi connectivity index (χ0v) is 19.9. The molecule has 1 aliphatic heterocycles. The highest BCUT2D eigenvalue weighted by Gasteiger charge is 2.27. The number of carbonyl (C=O) groups is 1. The van der Waals surface area contributed by atoms with Crippen LogP contribution in [0, 0.1) is 19.8 Å². The van der Waals surface area contributed by atoms with Gasteiger partial charge in [-0.2, -0.15) is 0 Å². The first-order chi connectivity index (χ1) is 16.0. The van der Waals surface area contributed by atoms with E-state index < -0.39 is 0 Å². The minimum Gasteiger partial charge on any atom is -0.496 e. The maximum atomic E-state index is 12.8. The van der Waals surface area contributed by atoms with Crippen molar-refractivity contribution < 1.29 is 9.53 Å². The molecule has 170 valence electrons. The fraction of sp³-hybridized carbons (Fsp3) is 0.360. The van der Waals surface area contributed by atoms with Crippen LogP contribution in [-0.4, -0.2) is 41.1 Å². The number of pyridine rings is 1. The minimum absolute atomic E-state index is 0.00209. The highest BCUT2D eigenvalue weighted by atomic mass is 32.1. The predicted octanol–water partition coefficient (Wildman–Crippen LogP) is 4.40. The molecule has 1 saturated heterocycles. The van der Waals surface area contributed by atoms with E-state index in [1.54, 1.807) is 24.8 Å². The number of hydrogen-bond donors (Lipinski definition) is 1. The number of methoxy groups -OCH3 is 1. The van der Waals surface area contributed by atoms with Crippen molar-refractivity contribution in [3.63, 3.8) is 0 Å². The number of fused-ring (bicyclic) bond motifs is 3. The molecule has 1 fully saturated rings. The van der Waals surface area contributed by atoms with E-state index >= 15 is 0 Å². The van der Waals surface area contributed by atoms with Gasteiger partial charge in [0.2, 0.25) is 5.91 Å². The van der Waals surface area contributed by atoms with Crippen molar-refractivity contribution in [1.29, 1.82) is 0 Å². The Balaban J connectivity index is 1.29. The molecule has 1 amide bonds. The minimum atomic E-state index is 0.00209. The Kier molecular flexibility index (Phi) is 5.85. The zero-order chi connectivity index (χ0) is 22.9. The van der Waals surface area contributed by atoms with Crippen molar-refractivity contribution in [2.75, 3.05) is 25.1 Å². The number of nitrogens with one attached hydrogen (secondary N) is 1. The van der Waals surface area contributed by atoms with Crippen molar-refractivity contribution in [2.45, 2.75) is 33.2 Å². The third kappa shape index (κ3) is 4.11. The lowest BCUT2D eigenvalue weighted by Gasteiger charge is -2.32. The number of anilines is 1. The van der Waals surface area contributed by atoms with Crippen LogP contribution >= 0.6 is 11.3 Å². The Hall–Kier alpha value is -3.26. The number of aryl methyl sites for hydroxylation is 2. The van der Waals surface area contributed by atoms with Crippen LogP contribution in [0.25, 0.3) is 20.4 Å². The van der Waals surface area contributed by atoms with Crippen LogP contribution in [-0.2, 0) is 11.3 Å². The second-order valence-corrected chi connectivity index (χ2v) is 9.53. The number of aromatic nitrogens is 3. The van der Waals surface area contributed by atoms with E-state index in [9.17, 15) is 4.79 Å². The number of rotatable bonds is 5. The number of piperidine rings is 1. The van der Waals surface area contributed by atoms with Crippen molar-refractivity contribution in [3.05, 3.63) is 53.5 Å². The maximum Gasteiger partial charge on any atom is 0.223 e. The average Bonchev–Trinajstić information content (AvgIpc) is 3.21. The molecule has 1 aliphatic rings. The summed E-state index contributed by atoms with van der Waals surface area (Å²) in [5, 5.41) is 4.21. The van der Waals surface area contributed by atoms with Crippen molar-refractivity contribution in [3.8, 4) is 5.75 Å². The predicted molar refractivity (Wildman–Crippen MR) is 132 cm³/mol. The first kappa shape index (κ1) is 21.6. The Bertz CT molecular complexity index is 1330. The SMILES string of the molecule is COc1ccccc1CNC(=O)C1CCN(c2ncnc3c2sc2nc(C)cc(C)c23)CC1. The van der Waals surface area contributed by atoms with E-state index in [1.807, 2.05) is 31.2 Å². The molecule has 3 aromatic heterocycles. The molecule has 4 aromatic rings. The number of ether oxygens (including phenoxy) is 1. The number of benzene rings is 1. The van der Waals surface area contributed by atoms with Gasteiger partial charge >= 0.3 is 0 Å². The monoisotopic (exact) mass is 461 g/mol. The van der Waals surface area contributed by atoms with Crippen LogP contribution in [0.5, 0.6) is 5.75 Å². The van der Waals surface area contributed by atoms with Gasteiger partial charge in [-0.25, -0.2) is 15.0 Å². The molecule has 0 radical (unpaired) electrons. The summed E-state index contributed by atoms with van der Waals surface area (Å²) < 4.78 is 6.46. The van der Waals surface area contributed by atoms with Gasteiger partial charge in [0.25, 0.3) is 0 Å². The number of nitrogens with zero attached hydrogens (tertiary/aromatic N) is 4. The van der Waals surface area contributed by atoms with Crippen molar-refractivity contribution >= 4 is 43.5 Å².